The fourth-order valence-corrected chi connectivity index (χ4v) is 1.56. The first-order chi connectivity index (χ1) is 6.86. The molecule has 1 aromatic heterocycles. The molecule has 1 aliphatic rings. The van der Waals surface area contributed by atoms with Crippen LogP contribution in [-0.4, -0.2) is 30.2 Å². The zero-order chi connectivity index (χ0) is 9.80. The van der Waals surface area contributed by atoms with Gasteiger partial charge in [-0.3, -0.25) is 4.79 Å². The molecule has 2 N–H and O–H groups in total. The Balaban J connectivity index is 1.87. The van der Waals surface area contributed by atoms with Crippen LogP contribution in [0.25, 0.3) is 0 Å². The average Bonchev–Trinajstić information content (AvgIpc) is 2.72. The molecule has 0 saturated carbocycles. The highest BCUT2D eigenvalue weighted by atomic mass is 16.5. The van der Waals surface area contributed by atoms with E-state index in [4.69, 9.17) is 4.52 Å². The van der Waals surface area contributed by atoms with Crippen molar-refractivity contribution in [2.45, 2.75) is 18.9 Å². The molecule has 2 heterocycles. The summed E-state index contributed by atoms with van der Waals surface area (Å²) in [7, 11) is 0. The Hall–Kier alpha value is -1.36. The molecule has 1 aromatic rings. The maximum absolute atomic E-state index is 11.5. The second-order valence-corrected chi connectivity index (χ2v) is 3.39. The number of carbonyl (C=O) groups excluding carboxylic acids is 1. The largest absolute Gasteiger partial charge is 0.351 e. The van der Waals surface area contributed by atoms with Crippen molar-refractivity contribution in [3.8, 4) is 0 Å². The van der Waals surface area contributed by atoms with E-state index in [1.54, 1.807) is 6.07 Å². The summed E-state index contributed by atoms with van der Waals surface area (Å²) < 4.78 is 4.75. The average molecular weight is 195 g/mol. The number of aromatic nitrogens is 1. The van der Waals surface area contributed by atoms with Crippen LogP contribution in [0.4, 0.5) is 0 Å². The summed E-state index contributed by atoms with van der Waals surface area (Å²) >= 11 is 0. The van der Waals surface area contributed by atoms with E-state index < -0.39 is 0 Å². The van der Waals surface area contributed by atoms with Crippen LogP contribution in [0, 0.1) is 0 Å². The van der Waals surface area contributed by atoms with Crippen LogP contribution < -0.4 is 10.6 Å². The van der Waals surface area contributed by atoms with Gasteiger partial charge in [-0.15, -0.1) is 0 Å². The number of piperidine rings is 1. The summed E-state index contributed by atoms with van der Waals surface area (Å²) in [4.78, 5) is 11.5. The Labute approximate surface area is 81.8 Å². The molecule has 0 radical (unpaired) electrons. The minimum absolute atomic E-state index is 0.184. The van der Waals surface area contributed by atoms with E-state index in [2.05, 4.69) is 15.8 Å². The third-order valence-corrected chi connectivity index (χ3v) is 2.29. The van der Waals surface area contributed by atoms with Gasteiger partial charge in [0.2, 0.25) is 5.76 Å². The third-order valence-electron chi connectivity index (χ3n) is 2.29. The quantitative estimate of drug-likeness (QED) is 0.705. The molecule has 14 heavy (non-hydrogen) atoms. The molecule has 76 valence electrons. The van der Waals surface area contributed by atoms with Crippen LogP contribution in [0.5, 0.6) is 0 Å². The first-order valence-electron chi connectivity index (χ1n) is 4.78. The third kappa shape index (κ3) is 2.11. The molecule has 0 aliphatic carbocycles. The lowest BCUT2D eigenvalue weighted by atomic mass is 10.1. The number of amides is 1. The predicted molar refractivity (Wildman–Crippen MR) is 49.9 cm³/mol. The summed E-state index contributed by atoms with van der Waals surface area (Å²) in [5.74, 6) is 0.0896. The van der Waals surface area contributed by atoms with E-state index >= 15 is 0 Å². The van der Waals surface area contributed by atoms with Crippen LogP contribution in [-0.2, 0) is 0 Å². The van der Waals surface area contributed by atoms with Gasteiger partial charge in [0.1, 0.15) is 0 Å². The highest BCUT2D eigenvalue weighted by Gasteiger charge is 2.17. The van der Waals surface area contributed by atoms with Gasteiger partial charge in [-0.1, -0.05) is 5.16 Å². The highest BCUT2D eigenvalue weighted by Crippen LogP contribution is 2.03. The first kappa shape index (κ1) is 9.21. The molecule has 1 atom stereocenters. The lowest BCUT2D eigenvalue weighted by Gasteiger charge is -2.23. The zero-order valence-corrected chi connectivity index (χ0v) is 7.82. The van der Waals surface area contributed by atoms with Crippen molar-refractivity contribution >= 4 is 5.91 Å². The smallest absolute Gasteiger partial charge is 0.290 e. The van der Waals surface area contributed by atoms with Crippen molar-refractivity contribution in [1.29, 1.82) is 0 Å². The summed E-state index contributed by atoms with van der Waals surface area (Å²) in [6.45, 7) is 1.87. The fraction of sp³-hybridized carbons (Fsp3) is 0.556. The standard InChI is InChI=1S/C9H13N3O2/c13-9(8-3-5-11-14-8)12-7-2-1-4-10-6-7/h3,5,7,10H,1-2,4,6H2,(H,12,13). The lowest BCUT2D eigenvalue weighted by molar-refractivity contribution is 0.0893. The number of hydrogen-bond acceptors (Lipinski definition) is 4. The zero-order valence-electron chi connectivity index (χ0n) is 7.82. The van der Waals surface area contributed by atoms with Crippen molar-refractivity contribution in [3.05, 3.63) is 18.0 Å². The molecule has 0 aromatic carbocycles. The van der Waals surface area contributed by atoms with Crippen LogP contribution in [0.3, 0.4) is 0 Å². The summed E-state index contributed by atoms with van der Waals surface area (Å²) in [6.07, 6.45) is 3.59. The molecule has 1 saturated heterocycles. The molecule has 1 aliphatic heterocycles. The van der Waals surface area contributed by atoms with Gasteiger partial charge < -0.3 is 15.2 Å². The maximum Gasteiger partial charge on any atom is 0.290 e. The number of nitrogens with zero attached hydrogens (tertiary/aromatic N) is 1. The van der Waals surface area contributed by atoms with E-state index in [9.17, 15) is 4.79 Å². The molecule has 2 rings (SSSR count). The van der Waals surface area contributed by atoms with Crippen molar-refractivity contribution in [2.75, 3.05) is 13.1 Å². The van der Waals surface area contributed by atoms with Crippen LogP contribution in [0.1, 0.15) is 23.4 Å². The Morgan fingerprint density at radius 3 is 3.29 bits per heavy atom. The minimum atomic E-state index is -0.184. The summed E-state index contributed by atoms with van der Waals surface area (Å²) in [5.41, 5.74) is 0. The second-order valence-electron chi connectivity index (χ2n) is 3.39. The van der Waals surface area contributed by atoms with Crippen molar-refractivity contribution in [2.24, 2.45) is 0 Å². The number of hydrogen-bond donors (Lipinski definition) is 2. The van der Waals surface area contributed by atoms with Crippen molar-refractivity contribution in [3.63, 3.8) is 0 Å². The summed E-state index contributed by atoms with van der Waals surface area (Å²) in [6, 6.07) is 1.77. The van der Waals surface area contributed by atoms with Crippen LogP contribution in [0.15, 0.2) is 16.8 Å². The van der Waals surface area contributed by atoms with Gasteiger partial charge in [0.15, 0.2) is 0 Å². The van der Waals surface area contributed by atoms with Gasteiger partial charge in [0.25, 0.3) is 5.91 Å². The van der Waals surface area contributed by atoms with Crippen molar-refractivity contribution < 1.29 is 9.32 Å². The molecule has 1 unspecified atom stereocenters. The van der Waals surface area contributed by atoms with E-state index in [1.807, 2.05) is 0 Å². The molecule has 1 fully saturated rings. The van der Waals surface area contributed by atoms with Gasteiger partial charge in [-0.05, 0) is 19.4 Å². The Kier molecular flexibility index (Phi) is 2.78. The summed E-state index contributed by atoms with van der Waals surface area (Å²) in [5, 5.41) is 9.60. The minimum Gasteiger partial charge on any atom is -0.351 e. The van der Waals surface area contributed by atoms with E-state index in [0.29, 0.717) is 0 Å². The van der Waals surface area contributed by atoms with Gasteiger partial charge >= 0.3 is 0 Å². The lowest BCUT2D eigenvalue weighted by Crippen LogP contribution is -2.45. The van der Waals surface area contributed by atoms with Crippen LogP contribution in [0.2, 0.25) is 0 Å². The van der Waals surface area contributed by atoms with Crippen molar-refractivity contribution in [1.82, 2.24) is 15.8 Å². The topological polar surface area (TPSA) is 67.2 Å². The molecule has 5 nitrogen and oxygen atoms in total. The van der Waals surface area contributed by atoms with Gasteiger partial charge in [-0.2, -0.15) is 0 Å². The van der Waals surface area contributed by atoms with Crippen LogP contribution >= 0.6 is 0 Å². The number of nitrogens with one attached hydrogen (secondary N) is 2. The number of rotatable bonds is 2. The monoisotopic (exact) mass is 195 g/mol. The fourth-order valence-electron chi connectivity index (χ4n) is 1.56. The molecular weight excluding hydrogens is 182 g/mol. The molecule has 5 heteroatoms. The Morgan fingerprint density at radius 2 is 2.64 bits per heavy atom. The SMILES string of the molecule is O=C(NC1CCCNC1)c1ccno1. The Bertz CT molecular complexity index is 291. The number of carbonyl (C=O) groups is 1. The van der Waals surface area contributed by atoms with Gasteiger partial charge in [0, 0.05) is 18.7 Å². The molecule has 1 amide bonds. The highest BCUT2D eigenvalue weighted by molar-refractivity contribution is 5.91. The second kappa shape index (κ2) is 4.23. The molecular formula is C9H13N3O2. The van der Waals surface area contributed by atoms with E-state index in [0.717, 1.165) is 25.9 Å². The molecule has 0 spiro atoms. The predicted octanol–water partition coefficient (Wildman–Crippen LogP) is 0.156. The normalized spacial score (nSPS) is 21.9. The maximum atomic E-state index is 11.5. The van der Waals surface area contributed by atoms with Gasteiger partial charge in [-0.25, -0.2) is 0 Å². The molecule has 0 bridgehead atoms. The van der Waals surface area contributed by atoms with E-state index in [-0.39, 0.29) is 17.7 Å². The first-order valence-corrected chi connectivity index (χ1v) is 4.78. The Morgan fingerprint density at radius 1 is 1.71 bits per heavy atom. The van der Waals surface area contributed by atoms with E-state index in [1.165, 1.54) is 6.20 Å². The van der Waals surface area contributed by atoms with Gasteiger partial charge in [0.05, 0.1) is 6.20 Å².